The summed E-state index contributed by atoms with van der Waals surface area (Å²) in [6.07, 6.45) is 1.81. The van der Waals surface area contributed by atoms with Crippen LogP contribution in [0.1, 0.15) is 11.3 Å². The fourth-order valence-corrected chi connectivity index (χ4v) is 2.17. The predicted molar refractivity (Wildman–Crippen MR) is 76.7 cm³/mol. The predicted octanol–water partition coefficient (Wildman–Crippen LogP) is 3.76. The number of aryl methyl sites for hydroxylation is 2. The van der Waals surface area contributed by atoms with E-state index in [4.69, 9.17) is 0 Å². The molecule has 1 N–H and O–H groups in total. The maximum absolute atomic E-state index is 4.43. The number of rotatable bonds is 2. The van der Waals surface area contributed by atoms with Crippen LogP contribution in [-0.4, -0.2) is 15.2 Å². The summed E-state index contributed by atoms with van der Waals surface area (Å²) >= 11 is 0. The average molecular weight is 249 g/mol. The van der Waals surface area contributed by atoms with Gasteiger partial charge >= 0.3 is 0 Å². The summed E-state index contributed by atoms with van der Waals surface area (Å²) < 4.78 is 0. The maximum Gasteiger partial charge on any atom is 0.102 e. The van der Waals surface area contributed by atoms with E-state index in [2.05, 4.69) is 46.4 Å². The van der Waals surface area contributed by atoms with Crippen LogP contribution in [-0.2, 0) is 0 Å². The van der Waals surface area contributed by atoms with Crippen molar-refractivity contribution in [3.8, 4) is 22.5 Å². The Labute approximate surface area is 112 Å². The topological polar surface area (TPSA) is 41.6 Å². The molecule has 0 aliphatic rings. The van der Waals surface area contributed by atoms with Crippen molar-refractivity contribution in [3.05, 3.63) is 59.9 Å². The Morgan fingerprint density at radius 1 is 0.947 bits per heavy atom. The van der Waals surface area contributed by atoms with E-state index in [0.717, 1.165) is 28.2 Å². The summed E-state index contributed by atoms with van der Waals surface area (Å²) in [5, 5.41) is 7.49. The van der Waals surface area contributed by atoms with Gasteiger partial charge in [-0.05, 0) is 26.0 Å². The lowest BCUT2D eigenvalue weighted by molar-refractivity contribution is 1.05. The Morgan fingerprint density at radius 2 is 1.74 bits per heavy atom. The molecule has 94 valence electrons. The zero-order chi connectivity index (χ0) is 13.2. The van der Waals surface area contributed by atoms with Crippen LogP contribution in [0.15, 0.2) is 48.7 Å². The van der Waals surface area contributed by atoms with Crippen LogP contribution in [0.5, 0.6) is 0 Å². The largest absolute Gasteiger partial charge is 0.282 e. The number of hydrogen-bond acceptors (Lipinski definition) is 2. The third-order valence-electron chi connectivity index (χ3n) is 3.19. The lowest BCUT2D eigenvalue weighted by Crippen LogP contribution is -1.87. The normalized spacial score (nSPS) is 10.6. The molecule has 0 aliphatic carbocycles. The Bertz CT molecular complexity index is 682. The third kappa shape index (κ3) is 2.15. The Kier molecular flexibility index (Phi) is 2.88. The molecule has 3 heteroatoms. The highest BCUT2D eigenvalue weighted by molar-refractivity contribution is 5.80. The van der Waals surface area contributed by atoms with E-state index in [-0.39, 0.29) is 0 Å². The molecule has 0 aliphatic heterocycles. The van der Waals surface area contributed by atoms with Crippen LogP contribution in [0.25, 0.3) is 22.5 Å². The molecule has 0 amide bonds. The summed E-state index contributed by atoms with van der Waals surface area (Å²) in [6, 6.07) is 14.3. The van der Waals surface area contributed by atoms with Gasteiger partial charge in [-0.25, -0.2) is 0 Å². The summed E-state index contributed by atoms with van der Waals surface area (Å²) in [7, 11) is 0. The second-order valence-corrected chi connectivity index (χ2v) is 4.65. The number of hydrogen-bond donors (Lipinski definition) is 1. The van der Waals surface area contributed by atoms with Crippen LogP contribution >= 0.6 is 0 Å². The highest BCUT2D eigenvalue weighted by atomic mass is 15.1. The van der Waals surface area contributed by atoms with E-state index in [1.54, 1.807) is 6.20 Å². The molecule has 0 atom stereocenters. The van der Waals surface area contributed by atoms with Crippen LogP contribution in [0.2, 0.25) is 0 Å². The second-order valence-electron chi connectivity index (χ2n) is 4.65. The van der Waals surface area contributed by atoms with E-state index in [1.807, 2.05) is 25.1 Å². The van der Waals surface area contributed by atoms with E-state index in [1.165, 1.54) is 5.56 Å². The van der Waals surface area contributed by atoms with Crippen LogP contribution in [0.4, 0.5) is 0 Å². The van der Waals surface area contributed by atoms with Gasteiger partial charge in [-0.1, -0.05) is 35.9 Å². The van der Waals surface area contributed by atoms with Crippen molar-refractivity contribution in [2.45, 2.75) is 13.8 Å². The molecular weight excluding hydrogens is 234 g/mol. The Balaban J connectivity index is 2.16. The zero-order valence-corrected chi connectivity index (χ0v) is 11.0. The van der Waals surface area contributed by atoms with Gasteiger partial charge in [0.15, 0.2) is 0 Å². The molecule has 0 saturated carbocycles. The molecule has 0 radical (unpaired) electrons. The number of aromatic nitrogens is 3. The summed E-state index contributed by atoms with van der Waals surface area (Å²) in [6.45, 7) is 4.11. The fraction of sp³-hybridized carbons (Fsp3) is 0.125. The molecule has 19 heavy (non-hydrogen) atoms. The van der Waals surface area contributed by atoms with Gasteiger partial charge in [0.05, 0.1) is 5.69 Å². The number of nitrogens with one attached hydrogen (secondary N) is 1. The Morgan fingerprint density at radius 3 is 2.42 bits per heavy atom. The van der Waals surface area contributed by atoms with Gasteiger partial charge in [-0.3, -0.25) is 10.1 Å². The van der Waals surface area contributed by atoms with E-state index in [9.17, 15) is 0 Å². The number of H-pyrrole nitrogens is 1. The first-order valence-electron chi connectivity index (χ1n) is 6.29. The summed E-state index contributed by atoms with van der Waals surface area (Å²) in [4.78, 5) is 4.43. The summed E-state index contributed by atoms with van der Waals surface area (Å²) in [5.41, 5.74) is 6.37. The number of aromatic amines is 1. The molecule has 0 spiro atoms. The minimum absolute atomic E-state index is 0.948. The van der Waals surface area contributed by atoms with Crippen molar-refractivity contribution in [2.24, 2.45) is 0 Å². The van der Waals surface area contributed by atoms with Gasteiger partial charge in [-0.15, -0.1) is 0 Å². The zero-order valence-electron chi connectivity index (χ0n) is 11.0. The first kappa shape index (κ1) is 11.7. The second kappa shape index (κ2) is 4.69. The highest BCUT2D eigenvalue weighted by Gasteiger charge is 2.14. The monoisotopic (exact) mass is 249 g/mol. The molecule has 0 bridgehead atoms. The van der Waals surface area contributed by atoms with Gasteiger partial charge < -0.3 is 0 Å². The van der Waals surface area contributed by atoms with E-state index < -0.39 is 0 Å². The number of nitrogens with zero attached hydrogens (tertiary/aromatic N) is 2. The van der Waals surface area contributed by atoms with Crippen molar-refractivity contribution in [2.75, 3.05) is 0 Å². The quantitative estimate of drug-likeness (QED) is 0.751. The Hall–Kier alpha value is -2.42. The molecule has 3 rings (SSSR count). The fourth-order valence-electron chi connectivity index (χ4n) is 2.17. The van der Waals surface area contributed by atoms with Crippen LogP contribution < -0.4 is 0 Å². The van der Waals surface area contributed by atoms with Gasteiger partial charge in [0.25, 0.3) is 0 Å². The molecule has 0 fully saturated rings. The minimum atomic E-state index is 0.948. The molecule has 0 saturated heterocycles. The standard InChI is InChI=1S/C16H15N3/c1-11-6-8-13(9-7-11)16-15(12(2)18-19-16)14-5-3-4-10-17-14/h3-10H,1-2H3,(H,18,19). The average Bonchev–Trinajstić information content (AvgIpc) is 2.82. The molecule has 3 nitrogen and oxygen atoms in total. The third-order valence-corrected chi connectivity index (χ3v) is 3.19. The highest BCUT2D eigenvalue weighted by Crippen LogP contribution is 2.31. The van der Waals surface area contributed by atoms with Crippen LogP contribution in [0, 0.1) is 13.8 Å². The molecule has 1 aromatic carbocycles. The molecular formula is C16H15N3. The lowest BCUT2D eigenvalue weighted by atomic mass is 10.0. The first-order valence-corrected chi connectivity index (χ1v) is 6.29. The molecule has 2 heterocycles. The van der Waals surface area contributed by atoms with Gasteiger partial charge in [0.2, 0.25) is 0 Å². The van der Waals surface area contributed by atoms with Crippen molar-refractivity contribution in [3.63, 3.8) is 0 Å². The van der Waals surface area contributed by atoms with Crippen molar-refractivity contribution < 1.29 is 0 Å². The van der Waals surface area contributed by atoms with Gasteiger partial charge in [0, 0.05) is 23.0 Å². The first-order chi connectivity index (χ1) is 9.25. The lowest BCUT2D eigenvalue weighted by Gasteiger charge is -2.04. The maximum atomic E-state index is 4.43. The SMILES string of the molecule is Cc1ccc(-c2n[nH]c(C)c2-c2ccccn2)cc1. The van der Waals surface area contributed by atoms with Gasteiger partial charge in [-0.2, -0.15) is 5.10 Å². The molecule has 3 aromatic rings. The van der Waals surface area contributed by atoms with Gasteiger partial charge in [0.1, 0.15) is 5.69 Å². The smallest absolute Gasteiger partial charge is 0.102 e. The summed E-state index contributed by atoms with van der Waals surface area (Å²) in [5.74, 6) is 0. The molecule has 2 aromatic heterocycles. The number of benzene rings is 1. The number of pyridine rings is 1. The molecule has 0 unspecified atom stereocenters. The van der Waals surface area contributed by atoms with Crippen molar-refractivity contribution in [1.82, 2.24) is 15.2 Å². The van der Waals surface area contributed by atoms with E-state index in [0.29, 0.717) is 0 Å². The van der Waals surface area contributed by atoms with Crippen LogP contribution in [0.3, 0.4) is 0 Å². The van der Waals surface area contributed by atoms with E-state index >= 15 is 0 Å². The van der Waals surface area contributed by atoms with Crippen molar-refractivity contribution in [1.29, 1.82) is 0 Å². The minimum Gasteiger partial charge on any atom is -0.282 e. The van der Waals surface area contributed by atoms with Crippen molar-refractivity contribution >= 4 is 0 Å².